The molecule has 2 rings (SSSR count). The van der Waals surface area contributed by atoms with E-state index in [1.807, 2.05) is 17.8 Å². The molecule has 2 aromatic rings. The third-order valence-corrected chi connectivity index (χ3v) is 3.92. The summed E-state index contributed by atoms with van der Waals surface area (Å²) in [5, 5.41) is 10.2. The lowest BCUT2D eigenvalue weighted by molar-refractivity contribution is 0.0697. The first-order chi connectivity index (χ1) is 8.67. The molecule has 0 amide bonds. The second-order valence-electron chi connectivity index (χ2n) is 4.10. The first-order valence-corrected chi connectivity index (χ1v) is 7.26. The van der Waals surface area contributed by atoms with E-state index in [0.29, 0.717) is 5.56 Å². The van der Waals surface area contributed by atoms with Gasteiger partial charge in [0.05, 0.1) is 5.56 Å². The lowest BCUT2D eigenvalue weighted by atomic mass is 10.1. The van der Waals surface area contributed by atoms with Crippen molar-refractivity contribution in [3.8, 4) is 0 Å². The van der Waals surface area contributed by atoms with E-state index in [1.165, 1.54) is 5.69 Å². The molecule has 0 unspecified atom stereocenters. The number of thioether (sulfide) groups is 1. The molecule has 0 spiro atoms. The summed E-state index contributed by atoms with van der Waals surface area (Å²) in [6, 6.07) is 7.49. The Morgan fingerprint density at radius 1 is 1.33 bits per heavy atom. The number of hydrogen-bond donors (Lipinski definition) is 1. The van der Waals surface area contributed by atoms with Gasteiger partial charge in [-0.05, 0) is 36.3 Å². The van der Waals surface area contributed by atoms with Gasteiger partial charge in [-0.1, -0.05) is 13.0 Å². The van der Waals surface area contributed by atoms with Gasteiger partial charge in [0, 0.05) is 23.5 Å². The number of hydrogen-bond acceptors (Lipinski definition) is 2. The van der Waals surface area contributed by atoms with Crippen LogP contribution in [0, 0.1) is 0 Å². The van der Waals surface area contributed by atoms with E-state index in [1.54, 1.807) is 12.1 Å². The highest BCUT2D eigenvalue weighted by atomic mass is 32.2. The number of rotatable bonds is 5. The maximum atomic E-state index is 11.0. The zero-order chi connectivity index (χ0) is 13.1. The largest absolute Gasteiger partial charge is 0.478 e. The van der Waals surface area contributed by atoms with Gasteiger partial charge in [-0.15, -0.1) is 0 Å². The van der Waals surface area contributed by atoms with Crippen molar-refractivity contribution in [3.63, 3.8) is 0 Å². The number of benzene rings is 1. The molecule has 18 heavy (non-hydrogen) atoms. The Balaban J connectivity index is 2.51. The summed E-state index contributed by atoms with van der Waals surface area (Å²) in [5.74, 6) is 1.19. The van der Waals surface area contributed by atoms with Crippen molar-refractivity contribution in [3.05, 3.63) is 35.5 Å². The number of aryl methyl sites for hydroxylation is 1. The average Bonchev–Trinajstić information content (AvgIpc) is 2.72. The molecule has 1 aromatic carbocycles. The third-order valence-electron chi connectivity index (χ3n) is 3.01. The zero-order valence-corrected chi connectivity index (χ0v) is 11.5. The summed E-state index contributed by atoms with van der Waals surface area (Å²) < 4.78 is 2.20. The molecule has 3 nitrogen and oxygen atoms in total. The van der Waals surface area contributed by atoms with Crippen molar-refractivity contribution < 1.29 is 9.90 Å². The molecule has 0 bridgehead atoms. The lowest BCUT2D eigenvalue weighted by Gasteiger charge is -2.07. The molecule has 0 radical (unpaired) electrons. The number of aromatic carboxylic acids is 1. The Morgan fingerprint density at radius 3 is 2.72 bits per heavy atom. The minimum atomic E-state index is -0.870. The van der Waals surface area contributed by atoms with Gasteiger partial charge < -0.3 is 9.67 Å². The molecule has 1 N–H and O–H groups in total. The topological polar surface area (TPSA) is 42.2 Å². The second-order valence-corrected chi connectivity index (χ2v) is 5.37. The van der Waals surface area contributed by atoms with Crippen molar-refractivity contribution >= 4 is 28.6 Å². The highest BCUT2D eigenvalue weighted by Crippen LogP contribution is 2.24. The van der Waals surface area contributed by atoms with Crippen LogP contribution in [0.4, 0.5) is 0 Å². The summed E-state index contributed by atoms with van der Waals surface area (Å²) >= 11 is 1.88. The molecule has 1 aromatic heterocycles. The second kappa shape index (κ2) is 5.48. The van der Waals surface area contributed by atoms with E-state index in [-0.39, 0.29) is 0 Å². The van der Waals surface area contributed by atoms with Crippen molar-refractivity contribution in [1.82, 2.24) is 4.57 Å². The fraction of sp³-hybridized carbons (Fsp3) is 0.357. The van der Waals surface area contributed by atoms with Gasteiger partial charge in [0.15, 0.2) is 0 Å². The molecule has 0 saturated carbocycles. The predicted octanol–water partition coefficient (Wildman–Crippen LogP) is 3.61. The first kappa shape index (κ1) is 13.0. The Hall–Kier alpha value is -1.42. The molecular formula is C14H17NO2S. The number of aromatic nitrogens is 1. The highest BCUT2D eigenvalue weighted by molar-refractivity contribution is 7.98. The fourth-order valence-electron chi connectivity index (χ4n) is 2.14. The number of carboxylic acids is 1. The quantitative estimate of drug-likeness (QED) is 0.896. The summed E-state index contributed by atoms with van der Waals surface area (Å²) in [7, 11) is 0. The Morgan fingerprint density at radius 2 is 2.11 bits per heavy atom. The normalized spacial score (nSPS) is 11.0. The molecule has 1 heterocycles. The van der Waals surface area contributed by atoms with Crippen LogP contribution in [-0.2, 0) is 12.3 Å². The smallest absolute Gasteiger partial charge is 0.335 e. The Bertz CT molecular complexity index is 574. The molecule has 0 aliphatic carbocycles. The monoisotopic (exact) mass is 263 g/mol. The molecule has 0 saturated heterocycles. The maximum absolute atomic E-state index is 11.0. The molecule has 4 heteroatoms. The number of nitrogens with zero attached hydrogens (tertiary/aromatic N) is 1. The minimum Gasteiger partial charge on any atom is -0.478 e. The fourth-order valence-corrected chi connectivity index (χ4v) is 2.80. The van der Waals surface area contributed by atoms with E-state index >= 15 is 0 Å². The van der Waals surface area contributed by atoms with Crippen molar-refractivity contribution in [2.75, 3.05) is 5.75 Å². The molecule has 96 valence electrons. The number of fused-ring (bicyclic) bond motifs is 1. The summed E-state index contributed by atoms with van der Waals surface area (Å²) in [4.78, 5) is 11.0. The van der Waals surface area contributed by atoms with E-state index in [0.717, 1.165) is 29.0 Å². The molecular weight excluding hydrogens is 246 g/mol. The molecule has 0 atom stereocenters. The number of carbonyl (C=O) groups is 1. The minimum absolute atomic E-state index is 0.352. The van der Waals surface area contributed by atoms with Crippen LogP contribution in [0.2, 0.25) is 0 Å². The van der Waals surface area contributed by atoms with Gasteiger partial charge in [0.1, 0.15) is 0 Å². The van der Waals surface area contributed by atoms with Gasteiger partial charge in [0.2, 0.25) is 0 Å². The Kier molecular flexibility index (Phi) is 3.97. The SMILES string of the molecule is CCSCc1cc2ccc(C(=O)O)cc2n1CC. The van der Waals surface area contributed by atoms with Crippen LogP contribution in [0.3, 0.4) is 0 Å². The van der Waals surface area contributed by atoms with E-state index < -0.39 is 5.97 Å². The van der Waals surface area contributed by atoms with Crippen molar-refractivity contribution in [2.24, 2.45) is 0 Å². The van der Waals surface area contributed by atoms with E-state index in [4.69, 9.17) is 5.11 Å². The first-order valence-electron chi connectivity index (χ1n) is 6.10. The van der Waals surface area contributed by atoms with Crippen molar-refractivity contribution in [1.29, 1.82) is 0 Å². The van der Waals surface area contributed by atoms with E-state index in [9.17, 15) is 4.79 Å². The zero-order valence-electron chi connectivity index (χ0n) is 10.6. The van der Waals surface area contributed by atoms with E-state index in [2.05, 4.69) is 24.5 Å². The van der Waals surface area contributed by atoms with Crippen LogP contribution in [0.1, 0.15) is 29.9 Å². The highest BCUT2D eigenvalue weighted by Gasteiger charge is 2.10. The predicted molar refractivity (Wildman–Crippen MR) is 76.4 cm³/mol. The summed E-state index contributed by atoms with van der Waals surface area (Å²) in [6.07, 6.45) is 0. The van der Waals surface area contributed by atoms with Gasteiger partial charge in [-0.25, -0.2) is 4.79 Å². The van der Waals surface area contributed by atoms with Crippen LogP contribution in [0.5, 0.6) is 0 Å². The molecule has 0 aliphatic heterocycles. The molecule has 0 fully saturated rings. The van der Waals surface area contributed by atoms with Gasteiger partial charge in [0.25, 0.3) is 0 Å². The lowest BCUT2D eigenvalue weighted by Crippen LogP contribution is -2.01. The summed E-state index contributed by atoms with van der Waals surface area (Å²) in [5.41, 5.74) is 2.64. The van der Waals surface area contributed by atoms with Gasteiger partial charge in [-0.2, -0.15) is 11.8 Å². The van der Waals surface area contributed by atoms with Crippen molar-refractivity contribution in [2.45, 2.75) is 26.1 Å². The van der Waals surface area contributed by atoms with Gasteiger partial charge >= 0.3 is 5.97 Å². The molecule has 0 aliphatic rings. The standard InChI is InChI=1S/C14H17NO2S/c1-3-15-12(9-18-4-2)7-10-5-6-11(14(16)17)8-13(10)15/h5-8H,3-4,9H2,1-2H3,(H,16,17). The summed E-state index contributed by atoms with van der Waals surface area (Å²) in [6.45, 7) is 5.10. The van der Waals surface area contributed by atoms with Crippen LogP contribution in [0.25, 0.3) is 10.9 Å². The van der Waals surface area contributed by atoms with Crippen LogP contribution >= 0.6 is 11.8 Å². The van der Waals surface area contributed by atoms with Crippen LogP contribution in [-0.4, -0.2) is 21.4 Å². The van der Waals surface area contributed by atoms with Gasteiger partial charge in [-0.3, -0.25) is 0 Å². The van der Waals surface area contributed by atoms with Crippen LogP contribution in [0.15, 0.2) is 24.3 Å². The number of carboxylic acid groups (broad SMARTS) is 1. The maximum Gasteiger partial charge on any atom is 0.335 e. The Labute approximate surface area is 111 Å². The van der Waals surface area contributed by atoms with Crippen LogP contribution < -0.4 is 0 Å². The average molecular weight is 263 g/mol. The third kappa shape index (κ3) is 2.38.